The molecule has 0 aliphatic heterocycles. The van der Waals surface area contributed by atoms with E-state index in [1.807, 2.05) is 0 Å². The highest BCUT2D eigenvalue weighted by Gasteiger charge is 2.34. The third-order valence-electron chi connectivity index (χ3n) is 2.72. The Labute approximate surface area is 106 Å². The van der Waals surface area contributed by atoms with Gasteiger partial charge in [-0.1, -0.05) is 0 Å². The van der Waals surface area contributed by atoms with Gasteiger partial charge in [0.05, 0.1) is 11.8 Å². The largest absolute Gasteiger partial charge is 0.469 e. The third-order valence-corrected chi connectivity index (χ3v) is 2.72. The molecule has 0 fully saturated rings. The van der Waals surface area contributed by atoms with E-state index < -0.39 is 23.6 Å². The average molecular weight is 273 g/mol. The number of nitrogens with two attached hydrogens (primary N) is 1. The van der Waals surface area contributed by atoms with Crippen LogP contribution in [0.15, 0.2) is 41.0 Å². The molecule has 0 aliphatic rings. The van der Waals surface area contributed by atoms with Crippen LogP contribution in [0.5, 0.6) is 0 Å². The molecule has 0 saturated heterocycles. The quantitative estimate of drug-likeness (QED) is 0.866. The lowest BCUT2D eigenvalue weighted by atomic mass is 9.97. The normalized spacial score (nSPS) is 13.5. The van der Waals surface area contributed by atoms with Crippen LogP contribution in [0.1, 0.15) is 22.9 Å². The Morgan fingerprint density at radius 2 is 1.95 bits per heavy atom. The van der Waals surface area contributed by atoms with Crippen molar-refractivity contribution < 1.29 is 22.0 Å². The highest BCUT2D eigenvalue weighted by atomic mass is 19.4. The molecular formula is C13H11F4NO. The van der Waals surface area contributed by atoms with Crippen molar-refractivity contribution in [3.63, 3.8) is 0 Å². The van der Waals surface area contributed by atoms with Crippen molar-refractivity contribution in [2.45, 2.75) is 18.6 Å². The molecule has 2 rings (SSSR count). The van der Waals surface area contributed by atoms with E-state index in [0.29, 0.717) is 11.8 Å². The molecule has 19 heavy (non-hydrogen) atoms. The van der Waals surface area contributed by atoms with Gasteiger partial charge in [0.25, 0.3) is 0 Å². The van der Waals surface area contributed by atoms with Gasteiger partial charge in [-0.2, -0.15) is 13.2 Å². The maximum atomic E-state index is 13.1. The number of furan rings is 1. The summed E-state index contributed by atoms with van der Waals surface area (Å²) in [7, 11) is 0. The Balaban J connectivity index is 2.34. The van der Waals surface area contributed by atoms with Gasteiger partial charge in [-0.3, -0.25) is 0 Å². The minimum absolute atomic E-state index is 0.0690. The summed E-state index contributed by atoms with van der Waals surface area (Å²) in [5.74, 6) is -0.303. The third kappa shape index (κ3) is 3.14. The predicted octanol–water partition coefficient (Wildman–Crippen LogP) is 3.68. The fraction of sp³-hybridized carbons (Fsp3) is 0.231. The molecule has 0 aliphatic carbocycles. The van der Waals surface area contributed by atoms with E-state index in [2.05, 4.69) is 0 Å². The minimum atomic E-state index is -4.57. The van der Waals surface area contributed by atoms with Crippen LogP contribution in [-0.4, -0.2) is 0 Å². The second-order valence-electron chi connectivity index (χ2n) is 4.12. The van der Waals surface area contributed by atoms with Gasteiger partial charge in [0.15, 0.2) is 0 Å². The lowest BCUT2D eigenvalue weighted by Crippen LogP contribution is -2.19. The van der Waals surface area contributed by atoms with Crippen LogP contribution in [-0.2, 0) is 12.6 Å². The molecule has 0 bridgehead atoms. The van der Waals surface area contributed by atoms with Crippen LogP contribution < -0.4 is 5.73 Å². The molecule has 0 radical (unpaired) electrons. The van der Waals surface area contributed by atoms with Crippen LogP contribution in [0.25, 0.3) is 0 Å². The van der Waals surface area contributed by atoms with Crippen molar-refractivity contribution in [3.05, 3.63) is 59.3 Å². The fourth-order valence-corrected chi connectivity index (χ4v) is 1.85. The molecule has 2 aromatic rings. The molecular weight excluding hydrogens is 262 g/mol. The lowest BCUT2D eigenvalue weighted by molar-refractivity contribution is -0.138. The summed E-state index contributed by atoms with van der Waals surface area (Å²) in [4.78, 5) is 0. The van der Waals surface area contributed by atoms with E-state index in [9.17, 15) is 17.6 Å². The minimum Gasteiger partial charge on any atom is -0.469 e. The Hall–Kier alpha value is -1.82. The van der Waals surface area contributed by atoms with E-state index >= 15 is 0 Å². The molecule has 2 nitrogen and oxygen atoms in total. The van der Waals surface area contributed by atoms with Crippen molar-refractivity contribution in [2.24, 2.45) is 5.73 Å². The van der Waals surface area contributed by atoms with Crippen molar-refractivity contribution >= 4 is 0 Å². The van der Waals surface area contributed by atoms with E-state index in [1.54, 1.807) is 12.1 Å². The number of halogens is 4. The Morgan fingerprint density at radius 3 is 2.53 bits per heavy atom. The summed E-state index contributed by atoms with van der Waals surface area (Å²) in [6.45, 7) is 0. The first-order valence-electron chi connectivity index (χ1n) is 5.52. The van der Waals surface area contributed by atoms with Gasteiger partial charge in [0.1, 0.15) is 11.6 Å². The first kappa shape index (κ1) is 13.6. The molecule has 0 spiro atoms. The zero-order valence-corrected chi connectivity index (χ0v) is 9.75. The standard InChI is InChI=1S/C13H11F4NO/c14-8-3-4-11(13(15,16)17)10(6-8)12(18)7-9-2-1-5-19-9/h1-6,12H,7,18H2. The molecule has 1 atom stereocenters. The smallest absolute Gasteiger partial charge is 0.416 e. The summed E-state index contributed by atoms with van der Waals surface area (Å²) in [6, 6.07) is 4.51. The molecule has 1 aromatic carbocycles. The topological polar surface area (TPSA) is 39.2 Å². The fourth-order valence-electron chi connectivity index (χ4n) is 1.85. The summed E-state index contributed by atoms with van der Waals surface area (Å²) < 4.78 is 56.6. The molecule has 6 heteroatoms. The maximum absolute atomic E-state index is 13.1. The van der Waals surface area contributed by atoms with Crippen molar-refractivity contribution in [1.82, 2.24) is 0 Å². The van der Waals surface area contributed by atoms with Crippen LogP contribution >= 0.6 is 0 Å². The first-order valence-corrected chi connectivity index (χ1v) is 5.52. The van der Waals surface area contributed by atoms with Crippen LogP contribution in [0, 0.1) is 5.82 Å². The second-order valence-corrected chi connectivity index (χ2v) is 4.12. The van der Waals surface area contributed by atoms with E-state index in [-0.39, 0.29) is 12.0 Å². The van der Waals surface area contributed by atoms with Crippen LogP contribution in [0.2, 0.25) is 0 Å². The van der Waals surface area contributed by atoms with Gasteiger partial charge in [-0.25, -0.2) is 4.39 Å². The average Bonchev–Trinajstić information content (AvgIpc) is 2.80. The van der Waals surface area contributed by atoms with E-state index in [0.717, 1.165) is 12.1 Å². The monoisotopic (exact) mass is 273 g/mol. The number of hydrogen-bond donors (Lipinski definition) is 1. The Bertz CT molecular complexity index is 548. The lowest BCUT2D eigenvalue weighted by Gasteiger charge is -2.17. The molecule has 102 valence electrons. The second kappa shape index (κ2) is 5.05. The first-order chi connectivity index (χ1) is 8.88. The van der Waals surface area contributed by atoms with Gasteiger partial charge >= 0.3 is 6.18 Å². The molecule has 2 N–H and O–H groups in total. The van der Waals surface area contributed by atoms with Gasteiger partial charge in [0, 0.05) is 12.5 Å². The van der Waals surface area contributed by atoms with Gasteiger partial charge < -0.3 is 10.2 Å². The summed E-state index contributed by atoms with van der Waals surface area (Å²) >= 11 is 0. The van der Waals surface area contributed by atoms with Crippen molar-refractivity contribution in [3.8, 4) is 0 Å². The number of rotatable bonds is 3. The molecule has 1 aromatic heterocycles. The maximum Gasteiger partial charge on any atom is 0.416 e. The molecule has 1 heterocycles. The summed E-state index contributed by atoms with van der Waals surface area (Å²) in [5.41, 5.74) is 4.53. The van der Waals surface area contributed by atoms with Gasteiger partial charge in [0.2, 0.25) is 0 Å². The van der Waals surface area contributed by atoms with Crippen molar-refractivity contribution in [2.75, 3.05) is 0 Å². The SMILES string of the molecule is NC(Cc1ccco1)c1cc(F)ccc1C(F)(F)F. The highest BCUT2D eigenvalue weighted by Crippen LogP contribution is 2.35. The van der Waals surface area contributed by atoms with E-state index in [1.165, 1.54) is 6.26 Å². The Kier molecular flexibility index (Phi) is 3.61. The molecule has 0 saturated carbocycles. The van der Waals surface area contributed by atoms with Gasteiger partial charge in [-0.05, 0) is 35.9 Å². The van der Waals surface area contributed by atoms with Crippen LogP contribution in [0.3, 0.4) is 0 Å². The van der Waals surface area contributed by atoms with E-state index in [4.69, 9.17) is 10.2 Å². The van der Waals surface area contributed by atoms with Crippen LogP contribution in [0.4, 0.5) is 17.6 Å². The summed E-state index contributed by atoms with van der Waals surface area (Å²) in [6.07, 6.45) is -3.10. The molecule has 1 unspecified atom stereocenters. The Morgan fingerprint density at radius 1 is 1.21 bits per heavy atom. The predicted molar refractivity (Wildman–Crippen MR) is 60.7 cm³/mol. The number of hydrogen-bond acceptors (Lipinski definition) is 2. The zero-order chi connectivity index (χ0) is 14.0. The number of alkyl halides is 3. The van der Waals surface area contributed by atoms with Crippen molar-refractivity contribution in [1.29, 1.82) is 0 Å². The number of benzene rings is 1. The summed E-state index contributed by atoms with van der Waals surface area (Å²) in [5, 5.41) is 0. The zero-order valence-electron chi connectivity index (χ0n) is 9.75. The van der Waals surface area contributed by atoms with Gasteiger partial charge in [-0.15, -0.1) is 0 Å². The molecule has 0 amide bonds. The highest BCUT2D eigenvalue weighted by molar-refractivity contribution is 5.33.